The van der Waals surface area contributed by atoms with Crippen molar-refractivity contribution < 1.29 is 14.6 Å². The molecule has 3 aromatic rings. The van der Waals surface area contributed by atoms with Crippen LogP contribution in [0.25, 0.3) is 11.0 Å². The van der Waals surface area contributed by atoms with E-state index in [0.29, 0.717) is 23.8 Å². The maximum absolute atomic E-state index is 11.3. The van der Waals surface area contributed by atoms with Gasteiger partial charge in [-0.05, 0) is 30.0 Å². The van der Waals surface area contributed by atoms with E-state index in [0.717, 1.165) is 22.9 Å². The van der Waals surface area contributed by atoms with Crippen molar-refractivity contribution in [1.82, 2.24) is 14.5 Å². The lowest BCUT2D eigenvalue weighted by molar-refractivity contribution is -0.122. The summed E-state index contributed by atoms with van der Waals surface area (Å²) < 4.78 is 14.4. The van der Waals surface area contributed by atoms with Gasteiger partial charge >= 0.3 is 0 Å². The van der Waals surface area contributed by atoms with Gasteiger partial charge in [0.25, 0.3) is 0 Å². The van der Waals surface area contributed by atoms with Crippen molar-refractivity contribution in [2.75, 3.05) is 0 Å². The molecule has 7 heteroatoms. The minimum absolute atomic E-state index is 0.369. The fourth-order valence-electron chi connectivity index (χ4n) is 4.32. The van der Waals surface area contributed by atoms with E-state index in [1.807, 2.05) is 42.6 Å². The molecular formula is C21H20ClN3O3. The third-order valence-electron chi connectivity index (χ3n) is 5.78. The smallest absolute Gasteiger partial charge is 0.165 e. The van der Waals surface area contributed by atoms with Gasteiger partial charge in [-0.15, -0.1) is 0 Å². The average molecular weight is 398 g/mol. The van der Waals surface area contributed by atoms with E-state index in [1.165, 1.54) is 6.33 Å². The molecule has 0 unspecified atom stereocenters. The summed E-state index contributed by atoms with van der Waals surface area (Å²) >= 11 is 6.17. The van der Waals surface area contributed by atoms with Crippen molar-refractivity contribution in [2.24, 2.45) is 0 Å². The molecule has 6 nitrogen and oxygen atoms in total. The molecule has 1 aliphatic heterocycles. The summed E-state index contributed by atoms with van der Waals surface area (Å²) in [5, 5.41) is 12.4. The zero-order valence-electron chi connectivity index (χ0n) is 15.2. The van der Waals surface area contributed by atoms with E-state index in [-0.39, 0.29) is 6.10 Å². The standard InChI is InChI=1S/C21H20ClN3O3/c1-13-7-9-21(27-11-14-5-3-2-4-6-14)16(26)20(28-17(13)21)25-10-8-15-18(22)23-12-24-19(15)25/h2-6,8,10,12,16-17,20,26H,1,7,9,11H2/t16-,17+,20+,21-/m0/s1. The Morgan fingerprint density at radius 2 is 2.11 bits per heavy atom. The Labute approximate surface area is 167 Å². The lowest BCUT2D eigenvalue weighted by atomic mass is 9.93. The fourth-order valence-corrected chi connectivity index (χ4v) is 4.51. The maximum atomic E-state index is 11.3. The summed E-state index contributed by atoms with van der Waals surface area (Å²) in [6.07, 6.45) is 2.77. The summed E-state index contributed by atoms with van der Waals surface area (Å²) in [7, 11) is 0. The molecular weight excluding hydrogens is 378 g/mol. The van der Waals surface area contributed by atoms with E-state index < -0.39 is 17.9 Å². The van der Waals surface area contributed by atoms with Crippen LogP contribution in [0.1, 0.15) is 24.6 Å². The molecule has 1 aliphatic carbocycles. The number of rotatable bonds is 4. The molecule has 0 amide bonds. The highest BCUT2D eigenvalue weighted by Crippen LogP contribution is 2.51. The SMILES string of the molecule is C=C1CC[C@@]2(OCc3ccccc3)[C@@H]1O[C@@H](n1ccc3c(Cl)ncnc31)[C@@H]2O. The highest BCUT2D eigenvalue weighted by Gasteiger charge is 2.61. The summed E-state index contributed by atoms with van der Waals surface area (Å²) in [5.74, 6) is 0. The minimum atomic E-state index is -0.871. The molecule has 1 N–H and O–H groups in total. The number of hydrogen-bond donors (Lipinski definition) is 1. The first-order valence-corrected chi connectivity index (χ1v) is 9.64. The molecule has 5 rings (SSSR count). The van der Waals surface area contributed by atoms with Gasteiger partial charge in [-0.25, -0.2) is 9.97 Å². The van der Waals surface area contributed by atoms with Crippen molar-refractivity contribution in [3.63, 3.8) is 0 Å². The lowest BCUT2D eigenvalue weighted by Gasteiger charge is -2.31. The van der Waals surface area contributed by atoms with Crippen LogP contribution in [-0.2, 0) is 16.1 Å². The van der Waals surface area contributed by atoms with Crippen LogP contribution in [0.5, 0.6) is 0 Å². The topological polar surface area (TPSA) is 69.4 Å². The molecule has 3 heterocycles. The third-order valence-corrected chi connectivity index (χ3v) is 6.08. The van der Waals surface area contributed by atoms with Crippen LogP contribution < -0.4 is 0 Å². The monoisotopic (exact) mass is 397 g/mol. The number of halogens is 1. The van der Waals surface area contributed by atoms with E-state index in [2.05, 4.69) is 16.5 Å². The highest BCUT2D eigenvalue weighted by atomic mass is 35.5. The van der Waals surface area contributed by atoms with Crippen molar-refractivity contribution in [3.8, 4) is 0 Å². The fraction of sp³-hybridized carbons (Fsp3) is 0.333. The molecule has 1 saturated carbocycles. The summed E-state index contributed by atoms with van der Waals surface area (Å²) in [6, 6.07) is 11.8. The van der Waals surface area contributed by atoms with E-state index in [1.54, 1.807) is 4.57 Å². The maximum Gasteiger partial charge on any atom is 0.165 e. The van der Waals surface area contributed by atoms with Crippen LogP contribution in [0.4, 0.5) is 0 Å². The number of hydrogen-bond acceptors (Lipinski definition) is 5. The number of fused-ring (bicyclic) bond motifs is 2. The van der Waals surface area contributed by atoms with E-state index in [9.17, 15) is 5.11 Å². The van der Waals surface area contributed by atoms with Crippen LogP contribution in [-0.4, -0.2) is 37.5 Å². The van der Waals surface area contributed by atoms with Gasteiger partial charge in [-0.2, -0.15) is 0 Å². The number of benzene rings is 1. The highest BCUT2D eigenvalue weighted by molar-refractivity contribution is 6.33. The molecule has 144 valence electrons. The Morgan fingerprint density at radius 1 is 1.29 bits per heavy atom. The van der Waals surface area contributed by atoms with E-state index in [4.69, 9.17) is 21.1 Å². The minimum Gasteiger partial charge on any atom is -0.385 e. The summed E-state index contributed by atoms with van der Waals surface area (Å²) in [5.41, 5.74) is 1.78. The van der Waals surface area contributed by atoms with Crippen LogP contribution in [0.15, 0.2) is 61.1 Å². The van der Waals surface area contributed by atoms with Gasteiger partial charge in [0, 0.05) is 6.20 Å². The van der Waals surface area contributed by atoms with Crippen LogP contribution in [0, 0.1) is 0 Å². The second-order valence-electron chi connectivity index (χ2n) is 7.36. The first-order valence-electron chi connectivity index (χ1n) is 9.26. The lowest BCUT2D eigenvalue weighted by Crippen LogP contribution is -2.46. The Hall–Kier alpha value is -2.25. The molecule has 1 aromatic carbocycles. The molecule has 2 aliphatic rings. The van der Waals surface area contributed by atoms with Crippen molar-refractivity contribution in [2.45, 2.75) is 43.5 Å². The van der Waals surface area contributed by atoms with Gasteiger partial charge in [0.15, 0.2) is 6.23 Å². The molecule has 2 fully saturated rings. The second-order valence-corrected chi connectivity index (χ2v) is 7.72. The Kier molecular flexibility index (Phi) is 4.25. The van der Waals surface area contributed by atoms with Crippen LogP contribution in [0.2, 0.25) is 5.15 Å². The predicted octanol–water partition coefficient (Wildman–Crippen LogP) is 3.65. The quantitative estimate of drug-likeness (QED) is 0.537. The zero-order valence-corrected chi connectivity index (χ0v) is 15.9. The average Bonchev–Trinajstić information content (AvgIpc) is 3.35. The largest absolute Gasteiger partial charge is 0.385 e. The number of aromatic nitrogens is 3. The van der Waals surface area contributed by atoms with Gasteiger partial charge in [0.05, 0.1) is 12.0 Å². The Bertz CT molecular complexity index is 1040. The molecule has 0 radical (unpaired) electrons. The first-order chi connectivity index (χ1) is 13.6. The molecule has 1 saturated heterocycles. The molecule has 0 spiro atoms. The number of aliphatic hydroxyl groups is 1. The van der Waals surface area contributed by atoms with E-state index >= 15 is 0 Å². The molecule has 4 atom stereocenters. The second kappa shape index (κ2) is 6.67. The van der Waals surface area contributed by atoms with Gasteiger partial charge in [-0.3, -0.25) is 0 Å². The summed E-state index contributed by atoms with van der Waals surface area (Å²) in [6.45, 7) is 4.55. The zero-order chi connectivity index (χ0) is 19.3. The predicted molar refractivity (Wildman–Crippen MR) is 105 cm³/mol. The van der Waals surface area contributed by atoms with Gasteiger partial charge in [-0.1, -0.05) is 48.5 Å². The number of nitrogens with zero attached hydrogens (tertiary/aromatic N) is 3. The molecule has 28 heavy (non-hydrogen) atoms. The van der Waals surface area contributed by atoms with Crippen LogP contribution in [0.3, 0.4) is 0 Å². The molecule has 0 bridgehead atoms. The first kappa shape index (κ1) is 17.8. The number of aliphatic hydroxyl groups excluding tert-OH is 1. The Morgan fingerprint density at radius 3 is 2.93 bits per heavy atom. The van der Waals surface area contributed by atoms with Gasteiger partial charge < -0.3 is 19.1 Å². The van der Waals surface area contributed by atoms with Crippen LogP contribution >= 0.6 is 11.6 Å². The molecule has 2 aromatic heterocycles. The summed E-state index contributed by atoms with van der Waals surface area (Å²) in [4.78, 5) is 8.33. The normalized spacial score (nSPS) is 29.5. The van der Waals surface area contributed by atoms with Gasteiger partial charge in [0.2, 0.25) is 0 Å². The van der Waals surface area contributed by atoms with Crippen molar-refractivity contribution >= 4 is 22.6 Å². The van der Waals surface area contributed by atoms with Crippen molar-refractivity contribution in [3.05, 3.63) is 71.8 Å². The number of ether oxygens (including phenoxy) is 2. The van der Waals surface area contributed by atoms with Crippen molar-refractivity contribution in [1.29, 1.82) is 0 Å². The Balaban J connectivity index is 1.49. The third kappa shape index (κ3) is 2.60. The van der Waals surface area contributed by atoms with Gasteiger partial charge in [0.1, 0.15) is 34.9 Å².